The minimum Gasteiger partial charge on any atom is -0.382 e. The molecule has 2 aromatic rings. The number of rotatable bonds is 3. The first-order valence-electron chi connectivity index (χ1n) is 5.43. The van der Waals surface area contributed by atoms with E-state index in [2.05, 4.69) is 31.4 Å². The Balaban J connectivity index is 2.07. The van der Waals surface area contributed by atoms with Crippen molar-refractivity contribution < 1.29 is 4.79 Å². The van der Waals surface area contributed by atoms with E-state index in [0.29, 0.717) is 11.5 Å². The Morgan fingerprint density at radius 3 is 2.89 bits per heavy atom. The summed E-state index contributed by atoms with van der Waals surface area (Å²) in [7, 11) is 0. The zero-order valence-corrected chi connectivity index (χ0v) is 11.4. The van der Waals surface area contributed by atoms with Gasteiger partial charge in [0.1, 0.15) is 11.5 Å². The molecule has 0 aliphatic carbocycles. The van der Waals surface area contributed by atoms with Crippen molar-refractivity contribution in [2.24, 2.45) is 0 Å². The maximum Gasteiger partial charge on any atom is 0.269 e. The van der Waals surface area contributed by atoms with Crippen LogP contribution < -0.4 is 11.1 Å². The molecule has 1 atom stereocenters. The molecule has 0 saturated carbocycles. The smallest absolute Gasteiger partial charge is 0.269 e. The van der Waals surface area contributed by atoms with Gasteiger partial charge in [-0.15, -0.1) is 0 Å². The number of nitrogens with one attached hydrogen (secondary N) is 2. The highest BCUT2D eigenvalue weighted by atomic mass is 79.9. The summed E-state index contributed by atoms with van der Waals surface area (Å²) in [5.41, 5.74) is 6.82. The van der Waals surface area contributed by atoms with E-state index in [0.717, 1.165) is 10.0 Å². The molecule has 0 radical (unpaired) electrons. The maximum atomic E-state index is 11.9. The largest absolute Gasteiger partial charge is 0.382 e. The van der Waals surface area contributed by atoms with Crippen molar-refractivity contribution in [2.45, 2.75) is 13.0 Å². The van der Waals surface area contributed by atoms with Crippen LogP contribution in [0.4, 0.5) is 5.82 Å². The SMILES string of the molecule is CC(NC(=O)c1cc(N)n[nH]1)c1cccc(Br)c1. The molecule has 0 fully saturated rings. The predicted octanol–water partition coefficient (Wildman–Crippen LogP) is 2.25. The van der Waals surface area contributed by atoms with Crippen LogP contribution in [0.2, 0.25) is 0 Å². The van der Waals surface area contributed by atoms with E-state index in [1.54, 1.807) is 0 Å². The first kappa shape index (κ1) is 12.6. The van der Waals surface area contributed by atoms with Crippen molar-refractivity contribution in [2.75, 3.05) is 5.73 Å². The van der Waals surface area contributed by atoms with Crippen LogP contribution in [0.5, 0.6) is 0 Å². The standard InChI is InChI=1S/C12H13BrN4O/c1-7(8-3-2-4-9(13)5-8)15-12(18)10-6-11(14)17-16-10/h2-7H,1H3,(H,15,18)(H3,14,16,17). The molecule has 1 aromatic carbocycles. The summed E-state index contributed by atoms with van der Waals surface area (Å²) in [5.74, 6) is 0.0712. The Bertz CT molecular complexity index is 567. The van der Waals surface area contributed by atoms with Crippen LogP contribution in [-0.2, 0) is 0 Å². The van der Waals surface area contributed by atoms with E-state index in [4.69, 9.17) is 5.73 Å². The highest BCUT2D eigenvalue weighted by Gasteiger charge is 2.13. The van der Waals surface area contributed by atoms with Gasteiger partial charge in [-0.1, -0.05) is 28.1 Å². The van der Waals surface area contributed by atoms with Gasteiger partial charge in [0.2, 0.25) is 0 Å². The van der Waals surface area contributed by atoms with E-state index in [-0.39, 0.29) is 11.9 Å². The Morgan fingerprint density at radius 1 is 1.50 bits per heavy atom. The average Bonchev–Trinajstić information content (AvgIpc) is 2.76. The lowest BCUT2D eigenvalue weighted by Crippen LogP contribution is -2.26. The van der Waals surface area contributed by atoms with Gasteiger partial charge >= 0.3 is 0 Å². The summed E-state index contributed by atoms with van der Waals surface area (Å²) >= 11 is 3.40. The van der Waals surface area contributed by atoms with Crippen molar-refractivity contribution >= 4 is 27.7 Å². The van der Waals surface area contributed by atoms with Gasteiger partial charge in [0.15, 0.2) is 0 Å². The van der Waals surface area contributed by atoms with Crippen molar-refractivity contribution in [1.82, 2.24) is 15.5 Å². The highest BCUT2D eigenvalue weighted by Crippen LogP contribution is 2.18. The fourth-order valence-electron chi connectivity index (χ4n) is 1.59. The molecule has 0 saturated heterocycles. The van der Waals surface area contributed by atoms with Crippen molar-refractivity contribution in [3.05, 3.63) is 46.1 Å². The fourth-order valence-corrected chi connectivity index (χ4v) is 2.00. The molecule has 0 aliphatic rings. The maximum absolute atomic E-state index is 11.9. The van der Waals surface area contributed by atoms with Gasteiger partial charge in [-0.3, -0.25) is 9.89 Å². The number of amides is 1. The third kappa shape index (κ3) is 2.89. The number of benzene rings is 1. The van der Waals surface area contributed by atoms with Gasteiger partial charge in [-0.2, -0.15) is 5.10 Å². The molecule has 0 aliphatic heterocycles. The molecule has 0 bridgehead atoms. The second kappa shape index (κ2) is 5.22. The Hall–Kier alpha value is -1.82. The minimum absolute atomic E-state index is 0.0977. The van der Waals surface area contributed by atoms with Gasteiger partial charge < -0.3 is 11.1 Å². The summed E-state index contributed by atoms with van der Waals surface area (Å²) < 4.78 is 0.979. The summed E-state index contributed by atoms with van der Waals surface area (Å²) in [6.07, 6.45) is 0. The third-order valence-corrected chi connectivity index (χ3v) is 3.03. The summed E-state index contributed by atoms with van der Waals surface area (Å²) in [6.45, 7) is 1.92. The molecule has 6 heteroatoms. The normalized spacial score (nSPS) is 12.1. The van der Waals surface area contributed by atoms with Gasteiger partial charge in [-0.05, 0) is 24.6 Å². The van der Waals surface area contributed by atoms with E-state index in [1.807, 2.05) is 31.2 Å². The summed E-state index contributed by atoms with van der Waals surface area (Å²) in [4.78, 5) is 11.9. The van der Waals surface area contributed by atoms with Gasteiger partial charge in [0.25, 0.3) is 5.91 Å². The Morgan fingerprint density at radius 2 is 2.28 bits per heavy atom. The second-order valence-corrected chi connectivity index (χ2v) is 4.87. The summed E-state index contributed by atoms with van der Waals surface area (Å²) in [5, 5.41) is 9.16. The number of aromatic nitrogens is 2. The number of hydrogen-bond acceptors (Lipinski definition) is 3. The molecule has 94 valence electrons. The van der Waals surface area contributed by atoms with E-state index in [1.165, 1.54) is 6.07 Å². The molecule has 0 spiro atoms. The quantitative estimate of drug-likeness (QED) is 0.813. The number of carbonyl (C=O) groups excluding carboxylic acids is 1. The molecular formula is C12H13BrN4O. The number of aromatic amines is 1. The zero-order chi connectivity index (χ0) is 13.1. The summed E-state index contributed by atoms with van der Waals surface area (Å²) in [6, 6.07) is 9.19. The number of carbonyl (C=O) groups is 1. The Kier molecular flexibility index (Phi) is 3.66. The van der Waals surface area contributed by atoms with Crippen LogP contribution >= 0.6 is 15.9 Å². The van der Waals surface area contributed by atoms with Crippen LogP contribution in [0.25, 0.3) is 0 Å². The van der Waals surface area contributed by atoms with Crippen molar-refractivity contribution in [3.8, 4) is 0 Å². The Labute approximate surface area is 113 Å². The zero-order valence-electron chi connectivity index (χ0n) is 9.77. The van der Waals surface area contributed by atoms with Crippen LogP contribution in [-0.4, -0.2) is 16.1 Å². The van der Waals surface area contributed by atoms with Crippen LogP contribution in [0, 0.1) is 0 Å². The molecule has 2 rings (SSSR count). The van der Waals surface area contributed by atoms with Gasteiger partial charge in [0, 0.05) is 10.5 Å². The van der Waals surface area contributed by atoms with E-state index in [9.17, 15) is 4.79 Å². The van der Waals surface area contributed by atoms with Gasteiger partial charge in [0.05, 0.1) is 6.04 Å². The number of hydrogen-bond donors (Lipinski definition) is 3. The first-order valence-corrected chi connectivity index (χ1v) is 6.23. The molecule has 18 heavy (non-hydrogen) atoms. The van der Waals surface area contributed by atoms with Gasteiger partial charge in [-0.25, -0.2) is 0 Å². The molecule has 1 amide bonds. The average molecular weight is 309 g/mol. The van der Waals surface area contributed by atoms with Crippen LogP contribution in [0.3, 0.4) is 0 Å². The number of nitrogens with zero attached hydrogens (tertiary/aromatic N) is 1. The van der Waals surface area contributed by atoms with E-state index < -0.39 is 0 Å². The number of halogens is 1. The topological polar surface area (TPSA) is 83.8 Å². The second-order valence-electron chi connectivity index (χ2n) is 3.96. The molecular weight excluding hydrogens is 296 g/mol. The predicted molar refractivity (Wildman–Crippen MR) is 73.0 cm³/mol. The lowest BCUT2D eigenvalue weighted by atomic mass is 10.1. The number of H-pyrrole nitrogens is 1. The molecule has 1 heterocycles. The monoisotopic (exact) mass is 308 g/mol. The van der Waals surface area contributed by atoms with Crippen molar-refractivity contribution in [1.29, 1.82) is 0 Å². The van der Waals surface area contributed by atoms with Crippen LogP contribution in [0.1, 0.15) is 29.0 Å². The molecule has 1 aromatic heterocycles. The minimum atomic E-state index is -0.230. The fraction of sp³-hybridized carbons (Fsp3) is 0.167. The van der Waals surface area contributed by atoms with Crippen molar-refractivity contribution in [3.63, 3.8) is 0 Å². The van der Waals surface area contributed by atoms with Crippen LogP contribution in [0.15, 0.2) is 34.8 Å². The first-order chi connectivity index (χ1) is 8.56. The third-order valence-electron chi connectivity index (χ3n) is 2.54. The highest BCUT2D eigenvalue weighted by molar-refractivity contribution is 9.10. The number of nitrogens with two attached hydrogens (primary N) is 1. The molecule has 4 N–H and O–H groups in total. The van der Waals surface area contributed by atoms with E-state index >= 15 is 0 Å². The number of anilines is 1. The number of nitrogen functional groups attached to an aromatic ring is 1. The lowest BCUT2D eigenvalue weighted by molar-refractivity contribution is 0.0935. The molecule has 5 nitrogen and oxygen atoms in total. The molecule has 1 unspecified atom stereocenters. The lowest BCUT2D eigenvalue weighted by Gasteiger charge is -2.13.